The predicted octanol–water partition coefficient (Wildman–Crippen LogP) is 4.42. The van der Waals surface area contributed by atoms with E-state index in [1.165, 1.54) is 23.8 Å². The minimum absolute atomic E-state index is 0.000153. The van der Waals surface area contributed by atoms with Crippen molar-refractivity contribution in [1.29, 1.82) is 0 Å². The zero-order chi connectivity index (χ0) is 21.1. The molecule has 1 atom stereocenters. The van der Waals surface area contributed by atoms with Crippen molar-refractivity contribution in [2.75, 3.05) is 13.7 Å². The summed E-state index contributed by atoms with van der Waals surface area (Å²) < 4.78 is 5.70. The summed E-state index contributed by atoms with van der Waals surface area (Å²) in [5.74, 6) is 1.31. The molecule has 5 nitrogen and oxygen atoms in total. The standard InChI is InChI=1S/C23H24N2O3S2/c1-28-19-9-7-15(8-10-19)12-20-22(27)25(23(29)30-20)11-3-6-21(26)24-18-5-2-4-16-13-17(16)14-18/h7-10,12-14,16H,2-6,11H2,1H3,(H,24,26)/b20-12-. The molecule has 2 amide bonds. The van der Waals surface area contributed by atoms with Crippen LogP contribution in [0, 0.1) is 5.92 Å². The van der Waals surface area contributed by atoms with E-state index in [1.807, 2.05) is 30.3 Å². The Labute approximate surface area is 186 Å². The minimum Gasteiger partial charge on any atom is -0.497 e. The van der Waals surface area contributed by atoms with Gasteiger partial charge in [0.2, 0.25) is 5.91 Å². The van der Waals surface area contributed by atoms with E-state index >= 15 is 0 Å². The second-order valence-electron chi connectivity index (χ2n) is 7.59. The zero-order valence-corrected chi connectivity index (χ0v) is 18.5. The van der Waals surface area contributed by atoms with Gasteiger partial charge in [0, 0.05) is 24.6 Å². The monoisotopic (exact) mass is 440 g/mol. The van der Waals surface area contributed by atoms with Crippen molar-refractivity contribution in [2.45, 2.75) is 32.1 Å². The Morgan fingerprint density at radius 2 is 2.17 bits per heavy atom. The van der Waals surface area contributed by atoms with E-state index in [4.69, 9.17) is 17.0 Å². The molecule has 4 rings (SSSR count). The van der Waals surface area contributed by atoms with Crippen molar-refractivity contribution < 1.29 is 14.3 Å². The summed E-state index contributed by atoms with van der Waals surface area (Å²) in [6.45, 7) is 0.449. The number of thioether (sulfide) groups is 1. The third-order valence-electron chi connectivity index (χ3n) is 5.39. The molecule has 1 heterocycles. The Kier molecular flexibility index (Phi) is 6.39. The molecule has 30 heavy (non-hydrogen) atoms. The Morgan fingerprint density at radius 3 is 2.93 bits per heavy atom. The second kappa shape index (κ2) is 9.18. The molecule has 1 unspecified atom stereocenters. The number of carbonyl (C=O) groups excluding carboxylic acids is 2. The molecule has 3 aliphatic rings. The summed E-state index contributed by atoms with van der Waals surface area (Å²) >= 11 is 6.69. The number of ether oxygens (including phenoxy) is 1. The van der Waals surface area contributed by atoms with Gasteiger partial charge in [0.15, 0.2) is 0 Å². The molecular weight excluding hydrogens is 416 g/mol. The normalized spacial score (nSPS) is 21.7. The van der Waals surface area contributed by atoms with Crippen molar-refractivity contribution >= 4 is 46.2 Å². The summed E-state index contributed by atoms with van der Waals surface area (Å²) in [5.41, 5.74) is 3.28. The molecule has 2 aliphatic carbocycles. The summed E-state index contributed by atoms with van der Waals surface area (Å²) in [6, 6.07) is 7.51. The van der Waals surface area contributed by atoms with E-state index in [1.54, 1.807) is 12.0 Å². The van der Waals surface area contributed by atoms with Crippen LogP contribution in [0.4, 0.5) is 0 Å². The Balaban J connectivity index is 1.27. The van der Waals surface area contributed by atoms with Crippen LogP contribution in [0.25, 0.3) is 6.08 Å². The Morgan fingerprint density at radius 1 is 1.37 bits per heavy atom. The molecule has 1 saturated heterocycles. The number of allylic oxidation sites excluding steroid dienone is 4. The van der Waals surface area contributed by atoms with Gasteiger partial charge in [0.25, 0.3) is 5.91 Å². The number of fused-ring (bicyclic) bond motifs is 1. The largest absolute Gasteiger partial charge is 0.497 e. The van der Waals surface area contributed by atoms with E-state index in [-0.39, 0.29) is 11.8 Å². The van der Waals surface area contributed by atoms with Crippen molar-refractivity contribution in [1.82, 2.24) is 10.2 Å². The maximum Gasteiger partial charge on any atom is 0.266 e. The summed E-state index contributed by atoms with van der Waals surface area (Å²) in [6.07, 6.45) is 10.4. The molecule has 1 aromatic carbocycles. The minimum atomic E-state index is -0.0978. The maximum absolute atomic E-state index is 12.7. The summed E-state index contributed by atoms with van der Waals surface area (Å²) in [5, 5.41) is 3.03. The molecule has 0 radical (unpaired) electrons. The van der Waals surface area contributed by atoms with Gasteiger partial charge in [0.05, 0.1) is 12.0 Å². The number of rotatable bonds is 7. The lowest BCUT2D eigenvalue weighted by molar-refractivity contribution is -0.123. The number of amides is 2. The lowest BCUT2D eigenvalue weighted by Crippen LogP contribution is -2.30. The highest BCUT2D eigenvalue weighted by atomic mass is 32.2. The quantitative estimate of drug-likeness (QED) is 0.503. The topological polar surface area (TPSA) is 58.6 Å². The fourth-order valence-electron chi connectivity index (χ4n) is 3.66. The third kappa shape index (κ3) is 5.02. The smallest absolute Gasteiger partial charge is 0.266 e. The van der Waals surface area contributed by atoms with Gasteiger partial charge < -0.3 is 10.1 Å². The predicted molar refractivity (Wildman–Crippen MR) is 124 cm³/mol. The van der Waals surface area contributed by atoms with E-state index in [2.05, 4.69) is 17.5 Å². The molecular formula is C23H24N2O3S2. The number of methoxy groups -OCH3 is 1. The Bertz CT molecular complexity index is 963. The first-order valence-electron chi connectivity index (χ1n) is 10.1. The van der Waals surface area contributed by atoms with Gasteiger partial charge in [-0.25, -0.2) is 0 Å². The van der Waals surface area contributed by atoms with Crippen LogP contribution >= 0.6 is 24.0 Å². The van der Waals surface area contributed by atoms with E-state index < -0.39 is 0 Å². The van der Waals surface area contributed by atoms with Crippen LogP contribution in [-0.4, -0.2) is 34.7 Å². The lowest BCUT2D eigenvalue weighted by Gasteiger charge is -2.14. The van der Waals surface area contributed by atoms with E-state index in [0.717, 1.165) is 29.9 Å². The van der Waals surface area contributed by atoms with E-state index in [9.17, 15) is 9.59 Å². The first-order chi connectivity index (χ1) is 14.5. The molecule has 1 fully saturated rings. The Hall–Kier alpha value is -2.38. The molecule has 1 aromatic rings. The first-order valence-corrected chi connectivity index (χ1v) is 11.4. The van der Waals surface area contributed by atoms with Crippen LogP contribution in [0.15, 0.2) is 52.6 Å². The average molecular weight is 441 g/mol. The molecule has 0 spiro atoms. The highest BCUT2D eigenvalue weighted by Gasteiger charge is 2.31. The number of carbonyl (C=O) groups is 2. The number of hydrogen-bond donors (Lipinski definition) is 1. The molecule has 1 aliphatic heterocycles. The number of benzene rings is 1. The van der Waals surface area contributed by atoms with Gasteiger partial charge in [-0.1, -0.05) is 42.2 Å². The van der Waals surface area contributed by atoms with Gasteiger partial charge in [-0.15, -0.1) is 0 Å². The van der Waals surface area contributed by atoms with E-state index in [0.29, 0.717) is 34.5 Å². The molecule has 0 aromatic heterocycles. The van der Waals surface area contributed by atoms with Crippen LogP contribution < -0.4 is 10.1 Å². The molecule has 156 valence electrons. The summed E-state index contributed by atoms with van der Waals surface area (Å²) in [4.78, 5) is 27.2. The van der Waals surface area contributed by atoms with Crippen molar-refractivity contribution in [3.63, 3.8) is 0 Å². The number of nitrogens with one attached hydrogen (secondary N) is 1. The van der Waals surface area contributed by atoms with Gasteiger partial charge in [-0.05, 0) is 61.1 Å². The molecule has 0 bridgehead atoms. The first kappa shape index (κ1) is 20.9. The zero-order valence-electron chi connectivity index (χ0n) is 16.8. The summed E-state index contributed by atoms with van der Waals surface area (Å²) in [7, 11) is 1.62. The highest BCUT2D eigenvalue weighted by molar-refractivity contribution is 8.26. The SMILES string of the molecule is COc1ccc(/C=C2\SC(=S)N(CCCC(=O)NC3=CC4=CC4CCC3)C2=O)cc1. The molecule has 0 saturated carbocycles. The second-order valence-corrected chi connectivity index (χ2v) is 9.27. The molecule has 1 N–H and O–H groups in total. The van der Waals surface area contributed by atoms with Crippen LogP contribution in [0.2, 0.25) is 0 Å². The van der Waals surface area contributed by atoms with Gasteiger partial charge in [0.1, 0.15) is 10.1 Å². The lowest BCUT2D eigenvalue weighted by atomic mass is 10.1. The van der Waals surface area contributed by atoms with Crippen LogP contribution in [0.1, 0.15) is 37.7 Å². The fraction of sp³-hybridized carbons (Fsp3) is 0.348. The average Bonchev–Trinajstić information content (AvgIpc) is 3.44. The molecule has 7 heteroatoms. The number of hydrogen-bond acceptors (Lipinski definition) is 5. The van der Waals surface area contributed by atoms with Crippen LogP contribution in [-0.2, 0) is 9.59 Å². The van der Waals surface area contributed by atoms with Crippen molar-refractivity contribution in [2.24, 2.45) is 5.92 Å². The fourth-order valence-corrected chi connectivity index (χ4v) is 4.97. The number of thiocarbonyl (C=S) groups is 1. The van der Waals surface area contributed by atoms with Gasteiger partial charge >= 0.3 is 0 Å². The van der Waals surface area contributed by atoms with Gasteiger partial charge in [-0.2, -0.15) is 0 Å². The van der Waals surface area contributed by atoms with Crippen LogP contribution in [0.5, 0.6) is 5.75 Å². The number of nitrogens with zero attached hydrogens (tertiary/aromatic N) is 1. The highest BCUT2D eigenvalue weighted by Crippen LogP contribution is 2.38. The maximum atomic E-state index is 12.7. The van der Waals surface area contributed by atoms with Crippen molar-refractivity contribution in [3.05, 3.63) is 58.2 Å². The third-order valence-corrected chi connectivity index (χ3v) is 6.77. The van der Waals surface area contributed by atoms with Crippen molar-refractivity contribution in [3.8, 4) is 5.75 Å². The van der Waals surface area contributed by atoms with Crippen LogP contribution in [0.3, 0.4) is 0 Å². The van der Waals surface area contributed by atoms with Gasteiger partial charge in [-0.3, -0.25) is 14.5 Å².